The smallest absolute Gasteiger partial charge is 0.136 e. The van der Waals surface area contributed by atoms with Crippen molar-refractivity contribution in [2.24, 2.45) is 5.73 Å². The fourth-order valence-corrected chi connectivity index (χ4v) is 2.69. The molecule has 0 aliphatic carbocycles. The monoisotopic (exact) mass is 370 g/mol. The summed E-state index contributed by atoms with van der Waals surface area (Å²) in [5, 5.41) is 0. The molecule has 0 spiro atoms. The van der Waals surface area contributed by atoms with Crippen molar-refractivity contribution < 1.29 is 4.74 Å². The quantitative estimate of drug-likeness (QED) is 0.891. The lowest BCUT2D eigenvalue weighted by Crippen LogP contribution is -2.18. The zero-order chi connectivity index (χ0) is 13.0. The van der Waals surface area contributed by atoms with Crippen molar-refractivity contribution in [3.63, 3.8) is 0 Å². The van der Waals surface area contributed by atoms with E-state index >= 15 is 0 Å². The summed E-state index contributed by atoms with van der Waals surface area (Å²) in [7, 11) is 0. The number of nitrogens with zero attached hydrogens (tertiary/aromatic N) is 1. The van der Waals surface area contributed by atoms with E-state index < -0.39 is 0 Å². The van der Waals surface area contributed by atoms with Crippen LogP contribution in [-0.2, 0) is 0 Å². The Kier molecular flexibility index (Phi) is 4.74. The maximum absolute atomic E-state index is 5.91. The van der Waals surface area contributed by atoms with Gasteiger partial charge >= 0.3 is 0 Å². The van der Waals surface area contributed by atoms with E-state index in [1.54, 1.807) is 12.4 Å². The summed E-state index contributed by atoms with van der Waals surface area (Å²) < 4.78 is 7.80. The first-order valence-corrected chi connectivity index (χ1v) is 7.01. The van der Waals surface area contributed by atoms with E-state index in [1.807, 2.05) is 30.3 Å². The molecule has 1 atom stereocenters. The molecule has 3 nitrogen and oxygen atoms in total. The number of nitrogens with two attached hydrogens (primary N) is 1. The number of aromatic nitrogens is 1. The summed E-state index contributed by atoms with van der Waals surface area (Å²) in [5.74, 6) is 0.769. The first-order valence-electron chi connectivity index (χ1n) is 5.42. The van der Waals surface area contributed by atoms with E-state index in [1.165, 1.54) is 0 Å². The van der Waals surface area contributed by atoms with Crippen LogP contribution in [0.1, 0.15) is 11.7 Å². The summed E-state index contributed by atoms with van der Waals surface area (Å²) in [5.41, 5.74) is 6.78. The maximum Gasteiger partial charge on any atom is 0.136 e. The molecule has 0 fully saturated rings. The molecular weight excluding hydrogens is 360 g/mol. The highest BCUT2D eigenvalue weighted by Gasteiger charge is 2.13. The van der Waals surface area contributed by atoms with Gasteiger partial charge in [0.15, 0.2) is 0 Å². The molecule has 0 aliphatic heterocycles. The standard InChI is InChI=1S/C13H12Br2N2O/c14-10-1-2-12(11(15)7-10)18-13(8-16)9-3-5-17-6-4-9/h1-7,13H,8,16H2. The first-order chi connectivity index (χ1) is 8.70. The van der Waals surface area contributed by atoms with Crippen LogP contribution in [0.2, 0.25) is 0 Å². The molecular formula is C13H12Br2N2O. The highest BCUT2D eigenvalue weighted by Crippen LogP contribution is 2.31. The number of ether oxygens (including phenoxy) is 1. The summed E-state index contributed by atoms with van der Waals surface area (Å²) in [4.78, 5) is 3.99. The van der Waals surface area contributed by atoms with E-state index in [9.17, 15) is 0 Å². The van der Waals surface area contributed by atoms with Crippen molar-refractivity contribution in [1.82, 2.24) is 4.98 Å². The Hall–Kier alpha value is -0.910. The van der Waals surface area contributed by atoms with Crippen molar-refractivity contribution in [3.05, 3.63) is 57.2 Å². The molecule has 0 saturated carbocycles. The predicted molar refractivity (Wildman–Crippen MR) is 78.5 cm³/mol. The van der Waals surface area contributed by atoms with Crippen LogP contribution in [0, 0.1) is 0 Å². The van der Waals surface area contributed by atoms with Crippen LogP contribution in [0.5, 0.6) is 5.75 Å². The second kappa shape index (κ2) is 6.31. The van der Waals surface area contributed by atoms with Crippen molar-refractivity contribution in [2.75, 3.05) is 6.54 Å². The molecule has 1 unspecified atom stereocenters. The Balaban J connectivity index is 2.21. The lowest BCUT2D eigenvalue weighted by molar-refractivity contribution is 0.212. The van der Waals surface area contributed by atoms with Gasteiger partial charge in [-0.25, -0.2) is 0 Å². The number of hydrogen-bond acceptors (Lipinski definition) is 3. The topological polar surface area (TPSA) is 48.1 Å². The second-order valence-electron chi connectivity index (χ2n) is 3.70. The van der Waals surface area contributed by atoms with Crippen molar-refractivity contribution in [1.29, 1.82) is 0 Å². The second-order valence-corrected chi connectivity index (χ2v) is 5.47. The lowest BCUT2D eigenvalue weighted by atomic mass is 10.1. The van der Waals surface area contributed by atoms with Crippen molar-refractivity contribution in [3.8, 4) is 5.75 Å². The molecule has 0 amide bonds. The first kappa shape index (κ1) is 13.5. The van der Waals surface area contributed by atoms with Gasteiger partial charge in [-0.15, -0.1) is 0 Å². The van der Waals surface area contributed by atoms with E-state index in [-0.39, 0.29) is 6.10 Å². The van der Waals surface area contributed by atoms with E-state index in [2.05, 4.69) is 36.8 Å². The third-order valence-electron chi connectivity index (χ3n) is 2.46. The molecule has 1 heterocycles. The largest absolute Gasteiger partial charge is 0.483 e. The minimum atomic E-state index is -0.175. The highest BCUT2D eigenvalue weighted by atomic mass is 79.9. The predicted octanol–water partition coefficient (Wildman–Crippen LogP) is 3.69. The Morgan fingerprint density at radius 3 is 2.50 bits per heavy atom. The normalized spacial score (nSPS) is 12.2. The van der Waals surface area contributed by atoms with Crippen LogP contribution in [-0.4, -0.2) is 11.5 Å². The summed E-state index contributed by atoms with van der Waals surface area (Å²) in [6.45, 7) is 0.409. The number of hydrogen-bond donors (Lipinski definition) is 1. The molecule has 0 aliphatic rings. The van der Waals surface area contributed by atoms with Gasteiger partial charge in [-0.05, 0) is 51.8 Å². The van der Waals surface area contributed by atoms with Crippen LogP contribution >= 0.6 is 31.9 Å². The van der Waals surface area contributed by atoms with Crippen LogP contribution < -0.4 is 10.5 Å². The Morgan fingerprint density at radius 2 is 1.89 bits per heavy atom. The number of benzene rings is 1. The summed E-state index contributed by atoms with van der Waals surface area (Å²) >= 11 is 6.88. The molecule has 5 heteroatoms. The van der Waals surface area contributed by atoms with Gasteiger partial charge in [-0.3, -0.25) is 4.98 Å². The van der Waals surface area contributed by atoms with E-state index in [0.29, 0.717) is 6.54 Å². The highest BCUT2D eigenvalue weighted by molar-refractivity contribution is 9.11. The fraction of sp³-hybridized carbons (Fsp3) is 0.154. The Morgan fingerprint density at radius 1 is 1.17 bits per heavy atom. The molecule has 0 saturated heterocycles. The number of rotatable bonds is 4. The maximum atomic E-state index is 5.91. The van der Waals surface area contributed by atoms with E-state index in [0.717, 1.165) is 20.3 Å². The molecule has 0 radical (unpaired) electrons. The fourth-order valence-electron chi connectivity index (χ4n) is 1.55. The van der Waals surface area contributed by atoms with Crippen LogP contribution in [0.25, 0.3) is 0 Å². The third-order valence-corrected chi connectivity index (χ3v) is 3.57. The lowest BCUT2D eigenvalue weighted by Gasteiger charge is -2.18. The Labute approximate surface area is 123 Å². The van der Waals surface area contributed by atoms with Crippen molar-refractivity contribution in [2.45, 2.75) is 6.10 Å². The van der Waals surface area contributed by atoms with Gasteiger partial charge < -0.3 is 10.5 Å². The molecule has 2 aromatic rings. The van der Waals surface area contributed by atoms with Gasteiger partial charge in [0.2, 0.25) is 0 Å². The zero-order valence-electron chi connectivity index (χ0n) is 9.51. The zero-order valence-corrected chi connectivity index (χ0v) is 12.7. The minimum Gasteiger partial charge on any atom is -0.483 e. The molecule has 1 aromatic carbocycles. The number of halogens is 2. The van der Waals surface area contributed by atoms with Gasteiger partial charge in [-0.1, -0.05) is 15.9 Å². The average molecular weight is 372 g/mol. The summed E-state index contributed by atoms with van der Waals surface area (Å²) in [6, 6.07) is 9.59. The van der Waals surface area contributed by atoms with Gasteiger partial charge in [0.05, 0.1) is 4.47 Å². The molecule has 18 heavy (non-hydrogen) atoms. The van der Waals surface area contributed by atoms with Crippen LogP contribution in [0.3, 0.4) is 0 Å². The SMILES string of the molecule is NCC(Oc1ccc(Br)cc1Br)c1ccncc1. The van der Waals surface area contributed by atoms with Gasteiger partial charge in [0.1, 0.15) is 11.9 Å². The van der Waals surface area contributed by atoms with Gasteiger partial charge in [0, 0.05) is 23.4 Å². The molecule has 1 aromatic heterocycles. The third kappa shape index (κ3) is 3.31. The molecule has 94 valence electrons. The minimum absolute atomic E-state index is 0.175. The molecule has 2 rings (SSSR count). The molecule has 2 N–H and O–H groups in total. The number of pyridine rings is 1. The molecule has 0 bridgehead atoms. The summed E-state index contributed by atoms with van der Waals surface area (Å²) in [6.07, 6.45) is 3.29. The van der Waals surface area contributed by atoms with Crippen LogP contribution in [0.15, 0.2) is 51.7 Å². The van der Waals surface area contributed by atoms with Gasteiger partial charge in [-0.2, -0.15) is 0 Å². The van der Waals surface area contributed by atoms with Crippen LogP contribution in [0.4, 0.5) is 0 Å². The Bertz CT molecular complexity index is 520. The average Bonchev–Trinajstić information content (AvgIpc) is 2.39. The van der Waals surface area contributed by atoms with Crippen molar-refractivity contribution >= 4 is 31.9 Å². The van der Waals surface area contributed by atoms with Gasteiger partial charge in [0.25, 0.3) is 0 Å². The van der Waals surface area contributed by atoms with E-state index in [4.69, 9.17) is 10.5 Å².